The minimum absolute atomic E-state index is 0.129. The molecule has 0 spiro atoms. The normalized spacial score (nSPS) is 15.7. The van der Waals surface area contributed by atoms with E-state index in [1.165, 1.54) is 18.1 Å². The molecule has 0 radical (unpaired) electrons. The van der Waals surface area contributed by atoms with Gasteiger partial charge < -0.3 is 10.1 Å². The van der Waals surface area contributed by atoms with Gasteiger partial charge in [-0.15, -0.1) is 11.3 Å². The number of ether oxygens (including phenoxy) is 1. The van der Waals surface area contributed by atoms with E-state index in [0.29, 0.717) is 27.3 Å². The molecule has 8 heteroatoms. The molecule has 3 rings (SSSR count). The highest BCUT2D eigenvalue weighted by Crippen LogP contribution is 2.44. The first-order valence-corrected chi connectivity index (χ1v) is 11.2. The third-order valence-electron chi connectivity index (χ3n) is 5.46. The first-order chi connectivity index (χ1) is 14.1. The zero-order chi connectivity index (χ0) is 22.1. The molecule has 5 nitrogen and oxygen atoms in total. The number of anilines is 1. The Morgan fingerprint density at radius 2 is 2.13 bits per heavy atom. The van der Waals surface area contributed by atoms with Crippen LogP contribution < -0.4 is 15.4 Å². The monoisotopic (exact) mass is 461 g/mol. The van der Waals surface area contributed by atoms with Crippen molar-refractivity contribution in [3.63, 3.8) is 0 Å². The van der Waals surface area contributed by atoms with Crippen LogP contribution in [0.4, 0.5) is 5.00 Å². The molecule has 1 atom stereocenters. The Kier molecular flexibility index (Phi) is 6.71. The zero-order valence-electron chi connectivity index (χ0n) is 17.4. The molecular formula is C22H24ClN3O2S2. The number of rotatable bonds is 3. The lowest BCUT2D eigenvalue weighted by Gasteiger charge is -2.33. The Bertz CT molecular complexity index is 1030. The van der Waals surface area contributed by atoms with Crippen LogP contribution in [0.3, 0.4) is 0 Å². The van der Waals surface area contributed by atoms with E-state index in [0.717, 1.165) is 24.8 Å². The van der Waals surface area contributed by atoms with Gasteiger partial charge in [0, 0.05) is 9.90 Å². The van der Waals surface area contributed by atoms with E-state index in [9.17, 15) is 10.1 Å². The summed E-state index contributed by atoms with van der Waals surface area (Å²) in [4.78, 5) is 13.9. The molecule has 0 saturated heterocycles. The molecule has 158 valence electrons. The average Bonchev–Trinajstić information content (AvgIpc) is 3.02. The van der Waals surface area contributed by atoms with Crippen molar-refractivity contribution in [2.45, 2.75) is 40.0 Å². The maximum absolute atomic E-state index is 12.6. The van der Waals surface area contributed by atoms with Crippen molar-refractivity contribution < 1.29 is 9.53 Å². The van der Waals surface area contributed by atoms with Crippen molar-refractivity contribution >= 4 is 51.2 Å². The number of nitrogens with one attached hydrogen (secondary N) is 2. The number of methoxy groups -OCH3 is 1. The van der Waals surface area contributed by atoms with Crippen molar-refractivity contribution in [2.24, 2.45) is 11.3 Å². The summed E-state index contributed by atoms with van der Waals surface area (Å²) >= 11 is 12.9. The molecule has 2 N–H and O–H groups in total. The lowest BCUT2D eigenvalue weighted by molar-refractivity contribution is 0.0975. The molecule has 0 fully saturated rings. The topological polar surface area (TPSA) is 74.2 Å². The van der Waals surface area contributed by atoms with Gasteiger partial charge in [0.1, 0.15) is 16.8 Å². The van der Waals surface area contributed by atoms with Crippen LogP contribution in [0.2, 0.25) is 5.02 Å². The highest BCUT2D eigenvalue weighted by molar-refractivity contribution is 7.80. The van der Waals surface area contributed by atoms with Gasteiger partial charge in [-0.25, -0.2) is 0 Å². The van der Waals surface area contributed by atoms with E-state index in [1.807, 2.05) is 0 Å². The molecule has 1 heterocycles. The molecule has 2 aromatic rings. The van der Waals surface area contributed by atoms with Crippen LogP contribution in [0.1, 0.15) is 53.6 Å². The minimum Gasteiger partial charge on any atom is -0.496 e. The quantitative estimate of drug-likeness (QED) is 0.585. The van der Waals surface area contributed by atoms with Crippen LogP contribution in [0.15, 0.2) is 18.2 Å². The first kappa shape index (κ1) is 22.5. The van der Waals surface area contributed by atoms with E-state index < -0.39 is 5.91 Å². The van der Waals surface area contributed by atoms with Gasteiger partial charge in [-0.3, -0.25) is 10.1 Å². The summed E-state index contributed by atoms with van der Waals surface area (Å²) in [5, 5.41) is 16.6. The summed E-state index contributed by atoms with van der Waals surface area (Å²) in [5.41, 5.74) is 2.24. The van der Waals surface area contributed by atoms with Gasteiger partial charge in [0.05, 0.1) is 18.2 Å². The molecule has 1 aromatic heterocycles. The fourth-order valence-corrected chi connectivity index (χ4v) is 5.41. The second kappa shape index (κ2) is 8.93. The molecule has 0 saturated carbocycles. The van der Waals surface area contributed by atoms with Gasteiger partial charge in [0.15, 0.2) is 5.11 Å². The fraction of sp³-hybridized carbons (Fsp3) is 0.409. The maximum Gasteiger partial charge on any atom is 0.261 e. The van der Waals surface area contributed by atoms with Crippen molar-refractivity contribution in [3.8, 4) is 11.8 Å². The van der Waals surface area contributed by atoms with Crippen LogP contribution in [0.25, 0.3) is 0 Å². The van der Waals surface area contributed by atoms with E-state index in [1.54, 1.807) is 23.5 Å². The van der Waals surface area contributed by atoms with Crippen molar-refractivity contribution in [1.29, 1.82) is 5.26 Å². The summed E-state index contributed by atoms with van der Waals surface area (Å²) in [6, 6.07) is 7.11. The lowest BCUT2D eigenvalue weighted by Crippen LogP contribution is -2.34. The van der Waals surface area contributed by atoms with Gasteiger partial charge in [0.2, 0.25) is 0 Å². The third-order valence-corrected chi connectivity index (χ3v) is 7.07. The standard InChI is InChI=1S/C22H24ClN3O2S2/c1-22(2,3)12-5-7-14-16(11-24)20(30-18(14)9-12)26-21(29)25-19(27)15-10-13(23)6-8-17(15)28-4/h6,8,10,12H,5,7,9H2,1-4H3,(H2,25,26,27,29)/t12-/m0/s1. The van der Waals surface area contributed by atoms with E-state index in [-0.39, 0.29) is 16.1 Å². The molecule has 1 aromatic carbocycles. The molecule has 1 amide bonds. The zero-order valence-corrected chi connectivity index (χ0v) is 19.8. The first-order valence-electron chi connectivity index (χ1n) is 9.64. The highest BCUT2D eigenvalue weighted by Gasteiger charge is 2.32. The van der Waals surface area contributed by atoms with Crippen molar-refractivity contribution in [3.05, 3.63) is 44.8 Å². The van der Waals surface area contributed by atoms with Gasteiger partial charge in [-0.05, 0) is 66.6 Å². The van der Waals surface area contributed by atoms with Crippen LogP contribution in [0, 0.1) is 22.7 Å². The second-order valence-electron chi connectivity index (χ2n) is 8.38. The number of hydrogen-bond donors (Lipinski definition) is 2. The Balaban J connectivity index is 1.77. The van der Waals surface area contributed by atoms with Gasteiger partial charge in [-0.2, -0.15) is 5.26 Å². The molecular weight excluding hydrogens is 438 g/mol. The van der Waals surface area contributed by atoms with Crippen LogP contribution >= 0.6 is 35.2 Å². The number of hydrogen-bond acceptors (Lipinski definition) is 5. The highest BCUT2D eigenvalue weighted by atomic mass is 35.5. The number of thiocarbonyl (C=S) groups is 1. The van der Waals surface area contributed by atoms with Crippen molar-refractivity contribution in [1.82, 2.24) is 5.32 Å². The molecule has 1 aliphatic rings. The van der Waals surface area contributed by atoms with E-state index in [2.05, 4.69) is 37.5 Å². The Labute approximate surface area is 191 Å². The Morgan fingerprint density at radius 1 is 1.40 bits per heavy atom. The predicted octanol–water partition coefficient (Wildman–Crippen LogP) is 5.56. The number of fused-ring (bicyclic) bond motifs is 1. The van der Waals surface area contributed by atoms with E-state index >= 15 is 0 Å². The number of benzene rings is 1. The summed E-state index contributed by atoms with van der Waals surface area (Å²) in [7, 11) is 1.48. The summed E-state index contributed by atoms with van der Waals surface area (Å²) < 4.78 is 5.23. The number of carbonyl (C=O) groups is 1. The van der Waals surface area contributed by atoms with E-state index in [4.69, 9.17) is 28.6 Å². The number of carbonyl (C=O) groups excluding carboxylic acids is 1. The number of thiophene rings is 1. The minimum atomic E-state index is -0.431. The van der Waals surface area contributed by atoms with Crippen LogP contribution in [-0.2, 0) is 12.8 Å². The molecule has 30 heavy (non-hydrogen) atoms. The smallest absolute Gasteiger partial charge is 0.261 e. The SMILES string of the molecule is COc1ccc(Cl)cc1C(=O)NC(=S)Nc1sc2c(c1C#N)CC[C@H](C(C)(C)C)C2. The Hall–Kier alpha value is -2.14. The molecule has 1 aliphatic carbocycles. The summed E-state index contributed by atoms with van der Waals surface area (Å²) in [6.45, 7) is 6.78. The van der Waals surface area contributed by atoms with Gasteiger partial charge in [-0.1, -0.05) is 32.4 Å². The largest absolute Gasteiger partial charge is 0.496 e. The third kappa shape index (κ3) is 4.77. The van der Waals surface area contributed by atoms with Gasteiger partial charge >= 0.3 is 0 Å². The molecule has 0 aliphatic heterocycles. The number of amides is 1. The van der Waals surface area contributed by atoms with Gasteiger partial charge in [0.25, 0.3) is 5.91 Å². The number of nitrogens with zero attached hydrogens (tertiary/aromatic N) is 1. The summed E-state index contributed by atoms with van der Waals surface area (Å²) in [6.07, 6.45) is 2.91. The molecule has 0 bridgehead atoms. The Morgan fingerprint density at radius 3 is 2.77 bits per heavy atom. The van der Waals surface area contributed by atoms with Crippen LogP contribution in [0.5, 0.6) is 5.75 Å². The van der Waals surface area contributed by atoms with Crippen molar-refractivity contribution in [2.75, 3.05) is 12.4 Å². The van der Waals surface area contributed by atoms with Crippen LogP contribution in [-0.4, -0.2) is 18.1 Å². The number of halogens is 1. The lowest BCUT2D eigenvalue weighted by atomic mass is 9.72. The number of nitriles is 1. The summed E-state index contributed by atoms with van der Waals surface area (Å²) in [5.74, 6) is 0.543. The maximum atomic E-state index is 12.6. The fourth-order valence-electron chi connectivity index (χ4n) is 3.69. The predicted molar refractivity (Wildman–Crippen MR) is 126 cm³/mol. The average molecular weight is 462 g/mol. The second-order valence-corrected chi connectivity index (χ2v) is 10.3. The molecule has 0 unspecified atom stereocenters.